The van der Waals surface area contributed by atoms with Gasteiger partial charge in [-0.25, -0.2) is 0 Å². The summed E-state index contributed by atoms with van der Waals surface area (Å²) in [5.74, 6) is 0.0462. The Balaban J connectivity index is 1.68. The van der Waals surface area contributed by atoms with Gasteiger partial charge in [0.2, 0.25) is 5.91 Å². The Bertz CT molecular complexity index is 455. The van der Waals surface area contributed by atoms with E-state index in [0.29, 0.717) is 23.8 Å². The largest absolute Gasteiger partial charge is 0.397 e. The quantitative estimate of drug-likeness (QED) is 0.790. The van der Waals surface area contributed by atoms with Crippen LogP contribution in [0.3, 0.4) is 0 Å². The van der Waals surface area contributed by atoms with Crippen molar-refractivity contribution in [1.29, 1.82) is 0 Å². The zero-order valence-corrected chi connectivity index (χ0v) is 13.0. The van der Waals surface area contributed by atoms with Crippen molar-refractivity contribution >= 4 is 17.3 Å². The maximum Gasteiger partial charge on any atom is 0.224 e. The summed E-state index contributed by atoms with van der Waals surface area (Å²) in [4.78, 5) is 14.4. The number of hydrogen-bond acceptors (Lipinski definition) is 3. The fraction of sp³-hybridized carbons (Fsp3) is 0.588. The lowest BCUT2D eigenvalue weighted by Crippen LogP contribution is -2.34. The Morgan fingerprint density at radius 3 is 2.71 bits per heavy atom. The number of anilines is 2. The summed E-state index contributed by atoms with van der Waals surface area (Å²) in [7, 11) is 2.18. The Labute approximate surface area is 127 Å². The van der Waals surface area contributed by atoms with Crippen molar-refractivity contribution in [2.24, 2.45) is 0 Å². The number of carbonyl (C=O) groups excluding carboxylic acids is 1. The summed E-state index contributed by atoms with van der Waals surface area (Å²) in [6.07, 6.45) is 8.14. The van der Waals surface area contributed by atoms with Crippen LogP contribution in [0.1, 0.15) is 44.9 Å². The van der Waals surface area contributed by atoms with Crippen LogP contribution in [0.25, 0.3) is 0 Å². The Morgan fingerprint density at radius 1 is 1.29 bits per heavy atom. The van der Waals surface area contributed by atoms with Gasteiger partial charge < -0.3 is 16.0 Å². The van der Waals surface area contributed by atoms with Gasteiger partial charge in [0.05, 0.1) is 11.4 Å². The van der Waals surface area contributed by atoms with Crippen LogP contribution in [0.15, 0.2) is 24.3 Å². The maximum absolute atomic E-state index is 11.9. The molecule has 1 fully saturated rings. The van der Waals surface area contributed by atoms with Crippen molar-refractivity contribution in [1.82, 2.24) is 4.90 Å². The Hall–Kier alpha value is -1.55. The molecule has 0 bridgehead atoms. The van der Waals surface area contributed by atoms with Gasteiger partial charge in [-0.05, 0) is 45.0 Å². The second kappa shape index (κ2) is 8.03. The van der Waals surface area contributed by atoms with E-state index in [1.54, 1.807) is 6.07 Å². The van der Waals surface area contributed by atoms with Gasteiger partial charge in [-0.15, -0.1) is 0 Å². The van der Waals surface area contributed by atoms with Crippen molar-refractivity contribution in [2.75, 3.05) is 24.6 Å². The number of nitrogens with zero attached hydrogens (tertiary/aromatic N) is 1. The summed E-state index contributed by atoms with van der Waals surface area (Å²) in [5.41, 5.74) is 7.15. The fourth-order valence-corrected chi connectivity index (χ4v) is 3.02. The highest BCUT2D eigenvalue weighted by Crippen LogP contribution is 2.22. The zero-order valence-electron chi connectivity index (χ0n) is 13.0. The summed E-state index contributed by atoms with van der Waals surface area (Å²) < 4.78 is 0. The highest BCUT2D eigenvalue weighted by molar-refractivity contribution is 5.93. The number of benzene rings is 1. The first-order chi connectivity index (χ1) is 10.2. The number of nitrogens with two attached hydrogens (primary N) is 1. The summed E-state index contributed by atoms with van der Waals surface area (Å²) in [6.45, 7) is 0.988. The van der Waals surface area contributed by atoms with Crippen LogP contribution >= 0.6 is 0 Å². The molecule has 21 heavy (non-hydrogen) atoms. The molecule has 0 aromatic heterocycles. The van der Waals surface area contributed by atoms with Gasteiger partial charge in [0.15, 0.2) is 0 Å². The topological polar surface area (TPSA) is 58.4 Å². The van der Waals surface area contributed by atoms with Crippen LogP contribution in [-0.4, -0.2) is 30.4 Å². The number of amides is 1. The van der Waals surface area contributed by atoms with E-state index >= 15 is 0 Å². The average molecular weight is 289 g/mol. The molecule has 1 amide bonds. The minimum atomic E-state index is 0.0462. The molecule has 1 saturated carbocycles. The van der Waals surface area contributed by atoms with E-state index in [1.165, 1.54) is 32.1 Å². The summed E-state index contributed by atoms with van der Waals surface area (Å²) in [5, 5.41) is 2.88. The lowest BCUT2D eigenvalue weighted by Gasteiger charge is -2.31. The minimum Gasteiger partial charge on any atom is -0.397 e. The third-order valence-corrected chi connectivity index (χ3v) is 4.35. The second-order valence-corrected chi connectivity index (χ2v) is 6.01. The van der Waals surface area contributed by atoms with Crippen LogP contribution < -0.4 is 11.1 Å². The molecule has 1 aromatic rings. The van der Waals surface area contributed by atoms with Crippen molar-refractivity contribution in [2.45, 2.75) is 51.0 Å². The highest BCUT2D eigenvalue weighted by Gasteiger charge is 2.17. The second-order valence-electron chi connectivity index (χ2n) is 6.01. The SMILES string of the molecule is CN(CCCC(=O)Nc1ccccc1N)C1CCCCC1. The van der Waals surface area contributed by atoms with E-state index < -0.39 is 0 Å². The Morgan fingerprint density at radius 2 is 2.00 bits per heavy atom. The molecule has 2 rings (SSSR count). The third-order valence-electron chi connectivity index (χ3n) is 4.35. The molecule has 1 aromatic carbocycles. The van der Waals surface area contributed by atoms with Gasteiger partial charge in [-0.2, -0.15) is 0 Å². The molecule has 0 heterocycles. The number of nitrogens with one attached hydrogen (secondary N) is 1. The monoisotopic (exact) mass is 289 g/mol. The molecular weight excluding hydrogens is 262 g/mol. The van der Waals surface area contributed by atoms with Gasteiger partial charge in [0.25, 0.3) is 0 Å². The van der Waals surface area contributed by atoms with Gasteiger partial charge in [0, 0.05) is 12.5 Å². The third kappa shape index (κ3) is 5.05. The minimum absolute atomic E-state index is 0.0462. The molecular formula is C17H27N3O. The van der Waals surface area contributed by atoms with Crippen LogP contribution in [-0.2, 0) is 4.79 Å². The van der Waals surface area contributed by atoms with E-state index in [9.17, 15) is 4.79 Å². The van der Waals surface area contributed by atoms with E-state index in [-0.39, 0.29) is 5.91 Å². The first-order valence-electron chi connectivity index (χ1n) is 8.01. The van der Waals surface area contributed by atoms with Gasteiger partial charge in [-0.3, -0.25) is 4.79 Å². The number of nitrogen functional groups attached to an aromatic ring is 1. The predicted molar refractivity (Wildman–Crippen MR) is 88.2 cm³/mol. The van der Waals surface area contributed by atoms with Gasteiger partial charge >= 0.3 is 0 Å². The number of carbonyl (C=O) groups is 1. The summed E-state index contributed by atoms with van der Waals surface area (Å²) >= 11 is 0. The van der Waals surface area contributed by atoms with Crippen molar-refractivity contribution in [3.8, 4) is 0 Å². The molecule has 0 spiro atoms. The highest BCUT2D eigenvalue weighted by atomic mass is 16.1. The molecule has 0 saturated heterocycles. The Kier molecular flexibility index (Phi) is 6.05. The van der Waals surface area contributed by atoms with E-state index in [2.05, 4.69) is 17.3 Å². The predicted octanol–water partition coefficient (Wildman–Crippen LogP) is 3.25. The lowest BCUT2D eigenvalue weighted by molar-refractivity contribution is -0.116. The van der Waals surface area contributed by atoms with Crippen molar-refractivity contribution in [3.63, 3.8) is 0 Å². The van der Waals surface area contributed by atoms with E-state index in [0.717, 1.165) is 13.0 Å². The van der Waals surface area contributed by atoms with Crippen molar-refractivity contribution in [3.05, 3.63) is 24.3 Å². The molecule has 0 unspecified atom stereocenters. The van der Waals surface area contributed by atoms with Crippen LogP contribution in [0.2, 0.25) is 0 Å². The lowest BCUT2D eigenvalue weighted by atomic mass is 9.94. The zero-order chi connectivity index (χ0) is 15.1. The smallest absolute Gasteiger partial charge is 0.224 e. The average Bonchev–Trinajstić information content (AvgIpc) is 2.50. The van der Waals surface area contributed by atoms with E-state index in [1.807, 2.05) is 18.2 Å². The normalized spacial score (nSPS) is 16.1. The first kappa shape index (κ1) is 15.8. The molecule has 0 radical (unpaired) electrons. The van der Waals surface area contributed by atoms with Crippen LogP contribution in [0, 0.1) is 0 Å². The number of hydrogen-bond donors (Lipinski definition) is 2. The van der Waals surface area contributed by atoms with E-state index in [4.69, 9.17) is 5.73 Å². The molecule has 3 N–H and O–H groups in total. The van der Waals surface area contributed by atoms with Crippen LogP contribution in [0.5, 0.6) is 0 Å². The standard InChI is InChI=1S/C17H27N3O/c1-20(14-8-3-2-4-9-14)13-7-12-17(21)19-16-11-6-5-10-15(16)18/h5-6,10-11,14H,2-4,7-9,12-13,18H2,1H3,(H,19,21). The van der Waals surface area contributed by atoms with Gasteiger partial charge in [0.1, 0.15) is 0 Å². The van der Waals surface area contributed by atoms with Crippen LogP contribution in [0.4, 0.5) is 11.4 Å². The fourth-order valence-electron chi connectivity index (χ4n) is 3.02. The number of para-hydroxylation sites is 2. The molecule has 4 heteroatoms. The first-order valence-corrected chi connectivity index (χ1v) is 8.01. The molecule has 0 aliphatic heterocycles. The van der Waals surface area contributed by atoms with Crippen molar-refractivity contribution < 1.29 is 4.79 Å². The molecule has 1 aliphatic carbocycles. The molecule has 4 nitrogen and oxygen atoms in total. The number of rotatable bonds is 6. The molecule has 116 valence electrons. The molecule has 0 atom stereocenters. The summed E-state index contributed by atoms with van der Waals surface area (Å²) in [6, 6.07) is 8.09. The maximum atomic E-state index is 11.9. The molecule has 1 aliphatic rings. The van der Waals surface area contributed by atoms with Gasteiger partial charge in [-0.1, -0.05) is 31.4 Å².